The molecule has 0 amide bonds. The van der Waals surface area contributed by atoms with Crippen molar-refractivity contribution < 1.29 is 13.2 Å². The molecule has 0 aromatic carbocycles. The van der Waals surface area contributed by atoms with E-state index in [1.54, 1.807) is 0 Å². The zero-order valence-electron chi connectivity index (χ0n) is 9.63. The van der Waals surface area contributed by atoms with E-state index in [1.807, 2.05) is 7.05 Å². The Kier molecular flexibility index (Phi) is 5.01. The van der Waals surface area contributed by atoms with Crippen LogP contribution in [0.2, 0.25) is 0 Å². The van der Waals surface area contributed by atoms with Gasteiger partial charge in [0.15, 0.2) is 0 Å². The van der Waals surface area contributed by atoms with Crippen LogP contribution in [0.25, 0.3) is 0 Å². The number of nitrogens with zero attached hydrogens (tertiary/aromatic N) is 2. The fourth-order valence-electron chi connectivity index (χ4n) is 2.15. The third-order valence-corrected chi connectivity index (χ3v) is 3.00. The van der Waals surface area contributed by atoms with Gasteiger partial charge in [-0.05, 0) is 33.0 Å². The normalized spacial score (nSPS) is 20.6. The minimum atomic E-state index is -4.13. The fraction of sp³-hybridized carbons (Fsp3) is 1.00. The molecular formula is C10H20F3N3. The van der Waals surface area contributed by atoms with Crippen LogP contribution in [-0.2, 0) is 0 Å². The smallest absolute Gasteiger partial charge is 0.329 e. The molecule has 0 aliphatic carbocycles. The summed E-state index contributed by atoms with van der Waals surface area (Å²) in [7, 11) is 1.99. The Hall–Kier alpha value is -0.330. The molecule has 1 fully saturated rings. The van der Waals surface area contributed by atoms with Crippen molar-refractivity contribution in [1.29, 1.82) is 0 Å². The molecule has 96 valence electrons. The molecule has 0 saturated carbocycles. The first-order valence-corrected chi connectivity index (χ1v) is 5.62. The summed E-state index contributed by atoms with van der Waals surface area (Å²) in [5, 5.41) is 0. The number of likely N-dealkylation sites (tertiary alicyclic amines) is 1. The van der Waals surface area contributed by atoms with Gasteiger partial charge in [0.2, 0.25) is 0 Å². The van der Waals surface area contributed by atoms with E-state index in [4.69, 9.17) is 5.73 Å². The van der Waals surface area contributed by atoms with Gasteiger partial charge in [-0.2, -0.15) is 13.2 Å². The second kappa shape index (κ2) is 5.84. The molecule has 1 heterocycles. The van der Waals surface area contributed by atoms with Gasteiger partial charge in [-0.3, -0.25) is 4.90 Å². The van der Waals surface area contributed by atoms with E-state index in [1.165, 1.54) is 4.90 Å². The Morgan fingerprint density at radius 3 is 2.31 bits per heavy atom. The lowest BCUT2D eigenvalue weighted by Gasteiger charge is -2.37. The highest BCUT2D eigenvalue weighted by Gasteiger charge is 2.34. The molecule has 1 saturated heterocycles. The molecule has 0 unspecified atom stereocenters. The number of halogens is 3. The Labute approximate surface area is 94.4 Å². The zero-order chi connectivity index (χ0) is 12.2. The number of hydrogen-bond acceptors (Lipinski definition) is 3. The van der Waals surface area contributed by atoms with Crippen LogP contribution in [-0.4, -0.2) is 61.8 Å². The van der Waals surface area contributed by atoms with E-state index in [2.05, 4.69) is 4.90 Å². The van der Waals surface area contributed by atoms with Crippen molar-refractivity contribution in [2.75, 3.05) is 39.8 Å². The van der Waals surface area contributed by atoms with Crippen molar-refractivity contribution in [3.63, 3.8) is 0 Å². The second-order valence-corrected chi connectivity index (χ2v) is 4.41. The lowest BCUT2D eigenvalue weighted by molar-refractivity contribution is -0.152. The van der Waals surface area contributed by atoms with Crippen molar-refractivity contribution in [2.45, 2.75) is 25.1 Å². The van der Waals surface area contributed by atoms with Crippen molar-refractivity contribution >= 4 is 0 Å². The maximum absolute atomic E-state index is 12.4. The Morgan fingerprint density at radius 1 is 1.31 bits per heavy atom. The van der Waals surface area contributed by atoms with Gasteiger partial charge in [0.25, 0.3) is 0 Å². The SMILES string of the molecule is CN1CCC(N(CCN)CC(F)(F)F)CC1. The molecule has 1 aliphatic rings. The van der Waals surface area contributed by atoms with Gasteiger partial charge in [-0.1, -0.05) is 0 Å². The Morgan fingerprint density at radius 2 is 1.88 bits per heavy atom. The van der Waals surface area contributed by atoms with E-state index in [0.29, 0.717) is 6.54 Å². The molecule has 3 nitrogen and oxygen atoms in total. The van der Waals surface area contributed by atoms with E-state index in [-0.39, 0.29) is 12.6 Å². The fourth-order valence-corrected chi connectivity index (χ4v) is 2.15. The number of nitrogens with two attached hydrogens (primary N) is 1. The number of piperidine rings is 1. The minimum absolute atomic E-state index is 0.0291. The molecule has 6 heteroatoms. The van der Waals surface area contributed by atoms with Gasteiger partial charge in [-0.25, -0.2) is 0 Å². The Balaban J connectivity index is 2.49. The first-order chi connectivity index (χ1) is 7.42. The number of rotatable bonds is 4. The highest BCUT2D eigenvalue weighted by Crippen LogP contribution is 2.22. The summed E-state index contributed by atoms with van der Waals surface area (Å²) in [5.41, 5.74) is 5.36. The second-order valence-electron chi connectivity index (χ2n) is 4.41. The summed E-state index contributed by atoms with van der Waals surface area (Å²) in [6.07, 6.45) is -2.53. The van der Waals surface area contributed by atoms with E-state index >= 15 is 0 Å². The van der Waals surface area contributed by atoms with Crippen LogP contribution < -0.4 is 5.73 Å². The summed E-state index contributed by atoms with van der Waals surface area (Å²) >= 11 is 0. The van der Waals surface area contributed by atoms with Gasteiger partial charge in [0, 0.05) is 19.1 Å². The van der Waals surface area contributed by atoms with E-state index < -0.39 is 12.7 Å². The van der Waals surface area contributed by atoms with Crippen LogP contribution in [0.4, 0.5) is 13.2 Å². The van der Waals surface area contributed by atoms with E-state index in [9.17, 15) is 13.2 Å². The topological polar surface area (TPSA) is 32.5 Å². The standard InChI is InChI=1S/C10H20F3N3/c1-15-5-2-9(3-6-15)16(7-4-14)8-10(11,12)13/h9H,2-8,14H2,1H3. The highest BCUT2D eigenvalue weighted by atomic mass is 19.4. The predicted molar refractivity (Wildman–Crippen MR) is 57.2 cm³/mol. The molecular weight excluding hydrogens is 219 g/mol. The first kappa shape index (κ1) is 13.7. The molecule has 0 bridgehead atoms. The molecule has 0 aromatic rings. The van der Waals surface area contributed by atoms with Crippen molar-refractivity contribution in [3.05, 3.63) is 0 Å². The molecule has 0 radical (unpaired) electrons. The molecule has 0 aromatic heterocycles. The van der Waals surface area contributed by atoms with Crippen molar-refractivity contribution in [2.24, 2.45) is 5.73 Å². The van der Waals surface area contributed by atoms with Gasteiger partial charge >= 0.3 is 6.18 Å². The molecule has 2 N–H and O–H groups in total. The maximum atomic E-state index is 12.4. The third kappa shape index (κ3) is 4.67. The van der Waals surface area contributed by atoms with Crippen LogP contribution in [0.3, 0.4) is 0 Å². The summed E-state index contributed by atoms with van der Waals surface area (Å²) in [6, 6.07) is 0.0291. The number of hydrogen-bond donors (Lipinski definition) is 1. The summed E-state index contributed by atoms with van der Waals surface area (Å²) in [4.78, 5) is 3.62. The average molecular weight is 239 g/mol. The third-order valence-electron chi connectivity index (χ3n) is 3.00. The van der Waals surface area contributed by atoms with Gasteiger partial charge in [0.1, 0.15) is 0 Å². The number of alkyl halides is 3. The quantitative estimate of drug-likeness (QED) is 0.791. The monoisotopic (exact) mass is 239 g/mol. The molecule has 0 spiro atoms. The molecule has 1 rings (SSSR count). The first-order valence-electron chi connectivity index (χ1n) is 5.62. The lowest BCUT2D eigenvalue weighted by Crippen LogP contribution is -2.48. The largest absolute Gasteiger partial charge is 0.401 e. The highest BCUT2D eigenvalue weighted by molar-refractivity contribution is 4.80. The molecule has 0 atom stereocenters. The van der Waals surface area contributed by atoms with Crippen LogP contribution in [0, 0.1) is 0 Å². The average Bonchev–Trinajstić information content (AvgIpc) is 2.16. The molecule has 1 aliphatic heterocycles. The minimum Gasteiger partial charge on any atom is -0.329 e. The molecule has 16 heavy (non-hydrogen) atoms. The summed E-state index contributed by atoms with van der Waals surface area (Å²) in [6.45, 7) is 1.50. The predicted octanol–water partition coefficient (Wildman–Crippen LogP) is 0.904. The lowest BCUT2D eigenvalue weighted by atomic mass is 10.0. The van der Waals surface area contributed by atoms with E-state index in [0.717, 1.165) is 25.9 Å². The summed E-state index contributed by atoms with van der Waals surface area (Å²) in [5.74, 6) is 0. The zero-order valence-corrected chi connectivity index (χ0v) is 9.63. The van der Waals surface area contributed by atoms with Crippen molar-refractivity contribution in [3.8, 4) is 0 Å². The van der Waals surface area contributed by atoms with Gasteiger partial charge in [-0.15, -0.1) is 0 Å². The Bertz CT molecular complexity index is 200. The van der Waals surface area contributed by atoms with Crippen molar-refractivity contribution in [1.82, 2.24) is 9.80 Å². The van der Waals surface area contributed by atoms with Gasteiger partial charge < -0.3 is 10.6 Å². The van der Waals surface area contributed by atoms with Crippen LogP contribution in [0.5, 0.6) is 0 Å². The summed E-state index contributed by atoms with van der Waals surface area (Å²) < 4.78 is 37.1. The maximum Gasteiger partial charge on any atom is 0.401 e. The van der Waals surface area contributed by atoms with Gasteiger partial charge in [0.05, 0.1) is 6.54 Å². The van der Waals surface area contributed by atoms with Crippen LogP contribution in [0.15, 0.2) is 0 Å². The van der Waals surface area contributed by atoms with Crippen LogP contribution in [0.1, 0.15) is 12.8 Å². The van der Waals surface area contributed by atoms with Crippen LogP contribution >= 0.6 is 0 Å².